The molecule has 0 saturated carbocycles. The summed E-state index contributed by atoms with van der Waals surface area (Å²) in [5, 5.41) is 9.47. The van der Waals surface area contributed by atoms with Crippen LogP contribution in [0.25, 0.3) is 0 Å². The summed E-state index contributed by atoms with van der Waals surface area (Å²) in [7, 11) is 3.17. The van der Waals surface area contributed by atoms with Gasteiger partial charge in [0.05, 0.1) is 37.7 Å². The Balaban J connectivity index is 2.03. The molecule has 140 valence electrons. The van der Waals surface area contributed by atoms with Crippen LogP contribution in [-0.4, -0.2) is 30.2 Å². The number of benzene rings is 1. The molecule has 1 atom stereocenters. The zero-order valence-electron chi connectivity index (χ0n) is 15.2. The molecule has 0 bridgehead atoms. The molecule has 27 heavy (non-hydrogen) atoms. The molecule has 3 rings (SSSR count). The molecule has 0 fully saturated rings. The number of thiocarbonyl (C=S) groups is 1. The van der Waals surface area contributed by atoms with Crippen molar-refractivity contribution in [3.8, 4) is 11.5 Å². The number of hydrogen-bond acceptors (Lipinski definition) is 5. The molecule has 1 aromatic carbocycles. The van der Waals surface area contributed by atoms with Crippen molar-refractivity contribution in [2.24, 2.45) is 0 Å². The van der Waals surface area contributed by atoms with Gasteiger partial charge >= 0.3 is 0 Å². The van der Waals surface area contributed by atoms with Crippen molar-refractivity contribution < 1.29 is 14.3 Å². The Hall–Kier alpha value is -3.13. The van der Waals surface area contributed by atoms with Crippen molar-refractivity contribution in [3.63, 3.8) is 0 Å². The number of nitrogens with zero attached hydrogens (tertiary/aromatic N) is 1. The van der Waals surface area contributed by atoms with E-state index in [-0.39, 0.29) is 5.91 Å². The number of anilines is 1. The molecule has 8 heteroatoms. The Morgan fingerprint density at radius 3 is 2.74 bits per heavy atom. The fraction of sp³-hybridized carbons (Fsp3) is 0.211. The number of amides is 1. The van der Waals surface area contributed by atoms with E-state index >= 15 is 0 Å². The number of methoxy groups -OCH3 is 2. The van der Waals surface area contributed by atoms with Gasteiger partial charge in [0.15, 0.2) is 5.11 Å². The monoisotopic (exact) mass is 384 g/mol. The molecule has 2 heterocycles. The van der Waals surface area contributed by atoms with Gasteiger partial charge in [0.2, 0.25) is 0 Å². The van der Waals surface area contributed by atoms with E-state index in [1.807, 2.05) is 13.0 Å². The summed E-state index contributed by atoms with van der Waals surface area (Å²) in [5.74, 6) is 1.01. The van der Waals surface area contributed by atoms with E-state index in [0.717, 1.165) is 5.56 Å². The average Bonchev–Trinajstić information content (AvgIpc) is 2.67. The van der Waals surface area contributed by atoms with Crippen LogP contribution in [0.3, 0.4) is 0 Å². The third-order valence-corrected chi connectivity index (χ3v) is 4.40. The van der Waals surface area contributed by atoms with Gasteiger partial charge in [-0.2, -0.15) is 0 Å². The molecule has 0 spiro atoms. The first-order chi connectivity index (χ1) is 13.0. The summed E-state index contributed by atoms with van der Waals surface area (Å²) in [4.78, 5) is 17.1. The summed E-state index contributed by atoms with van der Waals surface area (Å²) < 4.78 is 10.8. The van der Waals surface area contributed by atoms with E-state index in [9.17, 15) is 4.79 Å². The maximum absolute atomic E-state index is 13.0. The van der Waals surface area contributed by atoms with E-state index < -0.39 is 6.04 Å². The molecule has 0 saturated heterocycles. The minimum atomic E-state index is -0.500. The van der Waals surface area contributed by atoms with Gasteiger partial charge in [0.1, 0.15) is 11.5 Å². The topological polar surface area (TPSA) is 84.5 Å². The smallest absolute Gasteiger partial charge is 0.255 e. The van der Waals surface area contributed by atoms with E-state index in [1.165, 1.54) is 0 Å². The van der Waals surface area contributed by atoms with Gasteiger partial charge in [-0.05, 0) is 49.5 Å². The van der Waals surface area contributed by atoms with Gasteiger partial charge in [0, 0.05) is 17.5 Å². The molecule has 1 aliphatic heterocycles. The van der Waals surface area contributed by atoms with Gasteiger partial charge < -0.3 is 25.4 Å². The fourth-order valence-corrected chi connectivity index (χ4v) is 3.20. The summed E-state index contributed by atoms with van der Waals surface area (Å²) in [6.45, 7) is 1.81. The number of carbonyl (C=O) groups excluding carboxylic acids is 1. The summed E-state index contributed by atoms with van der Waals surface area (Å²) >= 11 is 5.30. The Kier molecular flexibility index (Phi) is 5.56. The van der Waals surface area contributed by atoms with E-state index in [4.69, 9.17) is 21.7 Å². The van der Waals surface area contributed by atoms with Crippen molar-refractivity contribution in [2.75, 3.05) is 19.5 Å². The molecule has 3 N–H and O–H groups in total. The second-order valence-electron chi connectivity index (χ2n) is 5.87. The van der Waals surface area contributed by atoms with Gasteiger partial charge in [-0.25, -0.2) is 0 Å². The van der Waals surface area contributed by atoms with E-state index in [0.29, 0.717) is 33.6 Å². The van der Waals surface area contributed by atoms with Gasteiger partial charge in [-0.3, -0.25) is 9.78 Å². The fourth-order valence-electron chi connectivity index (χ4n) is 2.93. The molecule has 1 aromatic heterocycles. The van der Waals surface area contributed by atoms with Crippen molar-refractivity contribution >= 4 is 28.9 Å². The predicted molar refractivity (Wildman–Crippen MR) is 107 cm³/mol. The third kappa shape index (κ3) is 4.01. The lowest BCUT2D eigenvalue weighted by atomic mass is 9.94. The number of ether oxygens (including phenoxy) is 2. The molecule has 0 radical (unpaired) electrons. The van der Waals surface area contributed by atoms with Crippen LogP contribution in [0.1, 0.15) is 18.5 Å². The average molecular weight is 384 g/mol. The van der Waals surface area contributed by atoms with Crippen molar-refractivity contribution in [2.45, 2.75) is 13.0 Å². The molecule has 1 unspecified atom stereocenters. The molecule has 2 aromatic rings. The van der Waals surface area contributed by atoms with Gasteiger partial charge in [0.25, 0.3) is 5.91 Å². The number of allylic oxidation sites excluding steroid dienone is 1. The molecule has 7 nitrogen and oxygen atoms in total. The lowest BCUT2D eigenvalue weighted by Crippen LogP contribution is -2.45. The highest BCUT2D eigenvalue weighted by molar-refractivity contribution is 7.80. The zero-order chi connectivity index (χ0) is 19.4. The van der Waals surface area contributed by atoms with Crippen LogP contribution in [0.5, 0.6) is 11.5 Å². The van der Waals surface area contributed by atoms with Crippen LogP contribution in [0.2, 0.25) is 0 Å². The highest BCUT2D eigenvalue weighted by Crippen LogP contribution is 2.35. The second-order valence-corrected chi connectivity index (χ2v) is 6.28. The van der Waals surface area contributed by atoms with Gasteiger partial charge in [-0.1, -0.05) is 0 Å². The first-order valence-corrected chi connectivity index (χ1v) is 8.66. The Labute approximate surface area is 162 Å². The largest absolute Gasteiger partial charge is 0.497 e. The minimum Gasteiger partial charge on any atom is -0.497 e. The van der Waals surface area contributed by atoms with Crippen LogP contribution in [0, 0.1) is 0 Å². The molecular formula is C19H20N4O3S. The molecule has 1 amide bonds. The number of aromatic nitrogens is 1. The Morgan fingerprint density at radius 1 is 1.26 bits per heavy atom. The Bertz CT molecular complexity index is 899. The van der Waals surface area contributed by atoms with Crippen molar-refractivity contribution in [3.05, 3.63) is 59.6 Å². The SMILES string of the molecule is COc1ccc(OC)c(C2NC(=S)NC(C)=C2C(=O)Nc2cccnc2)c1. The number of pyridine rings is 1. The van der Waals surface area contributed by atoms with Crippen LogP contribution in [0.4, 0.5) is 5.69 Å². The molecule has 1 aliphatic rings. The summed E-state index contributed by atoms with van der Waals surface area (Å²) in [6.07, 6.45) is 3.23. The maximum atomic E-state index is 13.0. The second kappa shape index (κ2) is 8.05. The third-order valence-electron chi connectivity index (χ3n) is 4.18. The first kappa shape index (κ1) is 18.7. The van der Waals surface area contributed by atoms with Crippen LogP contribution < -0.4 is 25.4 Å². The van der Waals surface area contributed by atoms with E-state index in [2.05, 4.69) is 20.9 Å². The number of nitrogens with one attached hydrogen (secondary N) is 3. The lowest BCUT2D eigenvalue weighted by molar-refractivity contribution is -0.113. The van der Waals surface area contributed by atoms with Crippen molar-refractivity contribution in [1.29, 1.82) is 0 Å². The quantitative estimate of drug-likeness (QED) is 0.683. The molecular weight excluding hydrogens is 364 g/mol. The standard InChI is InChI=1S/C19H20N4O3S/c1-11-16(18(24)22-12-5-4-8-20-10-12)17(23-19(27)21-11)14-9-13(25-2)6-7-15(14)26-3/h4-10,17H,1-3H3,(H,22,24)(H2,21,23,27). The highest BCUT2D eigenvalue weighted by atomic mass is 32.1. The van der Waals surface area contributed by atoms with E-state index in [1.54, 1.807) is 50.9 Å². The lowest BCUT2D eigenvalue weighted by Gasteiger charge is -2.31. The van der Waals surface area contributed by atoms with Crippen LogP contribution in [0.15, 0.2) is 54.0 Å². The summed E-state index contributed by atoms with van der Waals surface area (Å²) in [6, 6.07) is 8.46. The Morgan fingerprint density at radius 2 is 2.07 bits per heavy atom. The number of hydrogen-bond donors (Lipinski definition) is 3. The van der Waals surface area contributed by atoms with Crippen molar-refractivity contribution in [1.82, 2.24) is 15.6 Å². The summed E-state index contributed by atoms with van der Waals surface area (Å²) in [5.41, 5.74) is 2.51. The number of carbonyl (C=O) groups is 1. The van der Waals surface area contributed by atoms with Crippen LogP contribution in [-0.2, 0) is 4.79 Å². The predicted octanol–water partition coefficient (Wildman–Crippen LogP) is 2.53. The van der Waals surface area contributed by atoms with Gasteiger partial charge in [-0.15, -0.1) is 0 Å². The highest BCUT2D eigenvalue weighted by Gasteiger charge is 2.32. The maximum Gasteiger partial charge on any atom is 0.255 e. The number of rotatable bonds is 5. The minimum absolute atomic E-state index is 0.266. The molecule has 0 aliphatic carbocycles. The van der Waals surface area contributed by atoms with Crippen LogP contribution >= 0.6 is 12.2 Å². The first-order valence-electron chi connectivity index (χ1n) is 8.25. The zero-order valence-corrected chi connectivity index (χ0v) is 16.0. The normalized spacial score (nSPS) is 16.3.